The lowest BCUT2D eigenvalue weighted by molar-refractivity contribution is -0.126. The van der Waals surface area contributed by atoms with Crippen LogP contribution in [0.25, 0.3) is 0 Å². The summed E-state index contributed by atoms with van der Waals surface area (Å²) in [6, 6.07) is 10.2. The summed E-state index contributed by atoms with van der Waals surface area (Å²) in [6.45, 7) is 0.504. The van der Waals surface area contributed by atoms with Crippen LogP contribution in [0.1, 0.15) is 11.3 Å². The van der Waals surface area contributed by atoms with Crippen LogP contribution in [0.4, 0.5) is 5.69 Å². The highest BCUT2D eigenvalue weighted by Crippen LogP contribution is 2.28. The normalized spacial score (nSPS) is 17.4. The van der Waals surface area contributed by atoms with Crippen LogP contribution in [0.5, 0.6) is 0 Å². The number of sulfonamides is 1. The fourth-order valence-corrected chi connectivity index (χ4v) is 5.52. The summed E-state index contributed by atoms with van der Waals surface area (Å²) in [5.74, 6) is -0.822. The number of thiophene rings is 1. The van der Waals surface area contributed by atoms with Crippen molar-refractivity contribution in [2.45, 2.75) is 17.2 Å². The number of nitrogens with zero attached hydrogens (tertiary/aromatic N) is 2. The lowest BCUT2D eigenvalue weighted by atomic mass is 10.1. The second-order valence-electron chi connectivity index (χ2n) is 6.61. The average Bonchev–Trinajstić information content (AvgIpc) is 3.26. The number of rotatable bonds is 6. The monoisotopic (exact) mass is 441 g/mol. The van der Waals surface area contributed by atoms with Crippen LogP contribution < -0.4 is 10.2 Å². The standard InChI is InChI=1S/C18H20ClN3O4S2/c1-21(2)28(25,26)17-7-6-15(27-17)10-20-18(24)12-8-16(23)22(11-12)14-5-3-4-13(19)9-14/h3-7,9,12H,8,10-11H2,1-2H3,(H,20,24). The largest absolute Gasteiger partial charge is 0.351 e. The Morgan fingerprint density at radius 2 is 2.07 bits per heavy atom. The third kappa shape index (κ3) is 4.38. The van der Waals surface area contributed by atoms with E-state index in [1.807, 2.05) is 0 Å². The van der Waals surface area contributed by atoms with E-state index in [1.54, 1.807) is 35.2 Å². The molecule has 28 heavy (non-hydrogen) atoms. The lowest BCUT2D eigenvalue weighted by Gasteiger charge is -2.17. The Morgan fingerprint density at radius 1 is 1.32 bits per heavy atom. The molecule has 1 fully saturated rings. The zero-order chi connectivity index (χ0) is 20.5. The van der Waals surface area contributed by atoms with Gasteiger partial charge in [-0.05, 0) is 30.3 Å². The van der Waals surface area contributed by atoms with Gasteiger partial charge in [0.2, 0.25) is 11.8 Å². The van der Waals surface area contributed by atoms with Crippen molar-refractivity contribution in [1.82, 2.24) is 9.62 Å². The molecule has 1 unspecified atom stereocenters. The molecular weight excluding hydrogens is 422 g/mol. The Morgan fingerprint density at radius 3 is 2.75 bits per heavy atom. The summed E-state index contributed by atoms with van der Waals surface area (Å²) in [7, 11) is -0.539. The number of hydrogen-bond acceptors (Lipinski definition) is 5. The Bertz CT molecular complexity index is 1000. The van der Waals surface area contributed by atoms with Crippen LogP contribution >= 0.6 is 22.9 Å². The molecule has 1 aromatic heterocycles. The van der Waals surface area contributed by atoms with E-state index in [1.165, 1.54) is 20.2 Å². The molecule has 1 aliphatic heterocycles. The summed E-state index contributed by atoms with van der Waals surface area (Å²) >= 11 is 7.09. The van der Waals surface area contributed by atoms with Gasteiger partial charge in [-0.1, -0.05) is 17.7 Å². The van der Waals surface area contributed by atoms with Crippen LogP contribution in [0, 0.1) is 5.92 Å². The van der Waals surface area contributed by atoms with Gasteiger partial charge in [0.05, 0.1) is 12.5 Å². The van der Waals surface area contributed by atoms with Crippen LogP contribution in [-0.2, 0) is 26.2 Å². The minimum absolute atomic E-state index is 0.127. The van der Waals surface area contributed by atoms with E-state index in [4.69, 9.17) is 11.6 Å². The highest BCUT2D eigenvalue weighted by molar-refractivity contribution is 7.91. The number of benzene rings is 1. The summed E-state index contributed by atoms with van der Waals surface area (Å²) in [4.78, 5) is 27.1. The van der Waals surface area contributed by atoms with E-state index >= 15 is 0 Å². The van der Waals surface area contributed by atoms with Crippen molar-refractivity contribution in [3.05, 3.63) is 46.3 Å². The molecule has 2 heterocycles. The van der Waals surface area contributed by atoms with Crippen molar-refractivity contribution < 1.29 is 18.0 Å². The molecule has 1 saturated heterocycles. The number of amides is 2. The first-order valence-electron chi connectivity index (χ1n) is 8.53. The molecule has 0 spiro atoms. The fourth-order valence-electron chi connectivity index (χ4n) is 2.87. The Kier molecular flexibility index (Phi) is 6.09. The summed E-state index contributed by atoms with van der Waals surface area (Å²) < 4.78 is 25.6. The van der Waals surface area contributed by atoms with Gasteiger partial charge in [0.25, 0.3) is 10.0 Å². The molecule has 2 amide bonds. The molecule has 3 rings (SSSR count). The van der Waals surface area contributed by atoms with E-state index in [9.17, 15) is 18.0 Å². The second-order valence-corrected chi connectivity index (χ2v) is 10.6. The van der Waals surface area contributed by atoms with Crippen LogP contribution in [0.2, 0.25) is 5.02 Å². The fraction of sp³-hybridized carbons (Fsp3) is 0.333. The lowest BCUT2D eigenvalue weighted by Crippen LogP contribution is -2.32. The summed E-state index contributed by atoms with van der Waals surface area (Å²) in [5.41, 5.74) is 0.671. The quantitative estimate of drug-likeness (QED) is 0.745. The van der Waals surface area contributed by atoms with Gasteiger partial charge in [0, 0.05) is 42.6 Å². The van der Waals surface area contributed by atoms with E-state index in [0.717, 1.165) is 20.5 Å². The minimum atomic E-state index is -3.48. The molecule has 2 aromatic rings. The van der Waals surface area contributed by atoms with Gasteiger partial charge in [-0.2, -0.15) is 0 Å². The van der Waals surface area contributed by atoms with Gasteiger partial charge in [-0.3, -0.25) is 9.59 Å². The molecule has 0 aliphatic carbocycles. The van der Waals surface area contributed by atoms with Gasteiger partial charge in [0.1, 0.15) is 4.21 Å². The van der Waals surface area contributed by atoms with Gasteiger partial charge < -0.3 is 10.2 Å². The van der Waals surface area contributed by atoms with Crippen LogP contribution in [0.3, 0.4) is 0 Å². The highest BCUT2D eigenvalue weighted by atomic mass is 35.5. The number of halogens is 1. The summed E-state index contributed by atoms with van der Waals surface area (Å²) in [5, 5.41) is 3.32. The Labute approximate surface area is 172 Å². The smallest absolute Gasteiger partial charge is 0.252 e. The number of carbonyl (C=O) groups excluding carboxylic acids is 2. The van der Waals surface area contributed by atoms with E-state index in [2.05, 4.69) is 5.32 Å². The first-order valence-corrected chi connectivity index (χ1v) is 11.2. The Hall–Kier alpha value is -1.94. The van der Waals surface area contributed by atoms with E-state index < -0.39 is 15.9 Å². The zero-order valence-electron chi connectivity index (χ0n) is 15.4. The number of hydrogen-bond donors (Lipinski definition) is 1. The first kappa shape index (κ1) is 20.8. The Balaban J connectivity index is 1.60. The maximum atomic E-state index is 12.5. The van der Waals surface area contributed by atoms with Crippen molar-refractivity contribution in [1.29, 1.82) is 0 Å². The highest BCUT2D eigenvalue weighted by Gasteiger charge is 2.35. The summed E-state index contributed by atoms with van der Waals surface area (Å²) in [6.07, 6.45) is 0.128. The molecule has 10 heteroatoms. The molecule has 7 nitrogen and oxygen atoms in total. The molecule has 1 atom stereocenters. The molecule has 0 bridgehead atoms. The second kappa shape index (κ2) is 8.20. The van der Waals surface area contributed by atoms with Crippen LogP contribution in [0.15, 0.2) is 40.6 Å². The SMILES string of the molecule is CN(C)S(=O)(=O)c1ccc(CNC(=O)C2CC(=O)N(c3cccc(Cl)c3)C2)s1. The van der Waals surface area contributed by atoms with E-state index in [-0.39, 0.29) is 35.5 Å². The average molecular weight is 442 g/mol. The van der Waals surface area contributed by atoms with Gasteiger partial charge in [0.15, 0.2) is 0 Å². The number of nitrogens with one attached hydrogen (secondary N) is 1. The maximum absolute atomic E-state index is 12.5. The predicted octanol–water partition coefficient (Wildman–Crippen LogP) is 2.32. The first-order chi connectivity index (χ1) is 13.2. The van der Waals surface area contributed by atoms with Crippen molar-refractivity contribution >= 4 is 50.5 Å². The molecule has 0 radical (unpaired) electrons. The molecule has 1 aromatic carbocycles. The zero-order valence-corrected chi connectivity index (χ0v) is 17.8. The number of carbonyl (C=O) groups is 2. The number of anilines is 1. The van der Waals surface area contributed by atoms with Gasteiger partial charge >= 0.3 is 0 Å². The molecule has 0 saturated carbocycles. The third-order valence-corrected chi connectivity index (χ3v) is 8.03. The van der Waals surface area contributed by atoms with Crippen molar-refractivity contribution in [2.75, 3.05) is 25.5 Å². The van der Waals surface area contributed by atoms with Crippen molar-refractivity contribution in [3.8, 4) is 0 Å². The molecular formula is C18H20ClN3O4S2. The van der Waals surface area contributed by atoms with Gasteiger partial charge in [-0.15, -0.1) is 11.3 Å². The predicted molar refractivity (Wildman–Crippen MR) is 109 cm³/mol. The van der Waals surface area contributed by atoms with Gasteiger partial charge in [-0.25, -0.2) is 12.7 Å². The van der Waals surface area contributed by atoms with E-state index in [0.29, 0.717) is 10.7 Å². The van der Waals surface area contributed by atoms with Crippen LogP contribution in [-0.4, -0.2) is 45.2 Å². The topological polar surface area (TPSA) is 86.8 Å². The molecule has 1 aliphatic rings. The molecule has 1 N–H and O–H groups in total. The molecule has 150 valence electrons. The van der Waals surface area contributed by atoms with Crippen molar-refractivity contribution in [3.63, 3.8) is 0 Å². The van der Waals surface area contributed by atoms with Crippen molar-refractivity contribution in [2.24, 2.45) is 5.92 Å². The minimum Gasteiger partial charge on any atom is -0.351 e. The maximum Gasteiger partial charge on any atom is 0.252 e. The third-order valence-electron chi connectivity index (χ3n) is 4.42.